The molecule has 1 fully saturated rings. The first kappa shape index (κ1) is 27.3. The highest BCUT2D eigenvalue weighted by molar-refractivity contribution is 7.16. The number of thiazole rings is 1. The molecule has 2 aromatic carbocycles. The SMILES string of the molecule is Nc1ncnc2c1c(-c1ccc(OC(F)F)c(F)c1)nn2[C@H](c1cc2scc(Cl)n2c(=O)c1-c1cccc(F)c1)C1CC1. The largest absolute Gasteiger partial charge is 0.432 e. The molecule has 1 aliphatic carbocycles. The van der Waals surface area contributed by atoms with Crippen molar-refractivity contribution in [3.8, 4) is 28.1 Å². The molecule has 0 saturated heterocycles. The van der Waals surface area contributed by atoms with Crippen LogP contribution in [0.5, 0.6) is 5.75 Å². The van der Waals surface area contributed by atoms with Crippen molar-refractivity contribution in [2.45, 2.75) is 25.5 Å². The van der Waals surface area contributed by atoms with Gasteiger partial charge in [-0.05, 0) is 66.3 Å². The average Bonchev–Trinajstić information content (AvgIpc) is 3.62. The van der Waals surface area contributed by atoms with Gasteiger partial charge in [-0.1, -0.05) is 23.7 Å². The van der Waals surface area contributed by atoms with Crippen molar-refractivity contribution in [3.63, 3.8) is 0 Å². The van der Waals surface area contributed by atoms with E-state index in [2.05, 4.69) is 14.7 Å². The van der Waals surface area contributed by atoms with Crippen LogP contribution in [0, 0.1) is 17.6 Å². The summed E-state index contributed by atoms with van der Waals surface area (Å²) < 4.78 is 62.0. The molecule has 1 aliphatic rings. The Labute approximate surface area is 248 Å². The summed E-state index contributed by atoms with van der Waals surface area (Å²) in [5.74, 6) is -2.06. The Morgan fingerprint density at radius 2 is 1.88 bits per heavy atom. The second kappa shape index (κ2) is 10.3. The molecule has 1 atom stereocenters. The van der Waals surface area contributed by atoms with Gasteiger partial charge in [0.25, 0.3) is 5.56 Å². The predicted molar refractivity (Wildman–Crippen MR) is 155 cm³/mol. The molecule has 43 heavy (non-hydrogen) atoms. The third kappa shape index (κ3) is 4.68. The molecule has 0 unspecified atom stereocenters. The van der Waals surface area contributed by atoms with Crippen molar-refractivity contribution >= 4 is 44.6 Å². The highest BCUT2D eigenvalue weighted by Crippen LogP contribution is 2.48. The van der Waals surface area contributed by atoms with E-state index in [1.165, 1.54) is 46.3 Å². The predicted octanol–water partition coefficient (Wildman–Crippen LogP) is 6.95. The van der Waals surface area contributed by atoms with Crippen LogP contribution in [0.2, 0.25) is 5.15 Å². The van der Waals surface area contributed by atoms with E-state index in [1.807, 2.05) is 6.07 Å². The zero-order valence-electron chi connectivity index (χ0n) is 21.8. The minimum atomic E-state index is -3.20. The monoisotopic (exact) mass is 626 g/mol. The molecular weight excluding hydrogens is 608 g/mol. The molecular formula is C29H19ClF4N6O2S. The lowest BCUT2D eigenvalue weighted by atomic mass is 9.93. The molecule has 1 saturated carbocycles. The van der Waals surface area contributed by atoms with E-state index in [0.717, 1.165) is 25.0 Å². The highest BCUT2D eigenvalue weighted by atomic mass is 35.5. The number of nitrogens with two attached hydrogens (primary N) is 1. The van der Waals surface area contributed by atoms with Crippen LogP contribution in [-0.4, -0.2) is 30.8 Å². The van der Waals surface area contributed by atoms with Crippen molar-refractivity contribution in [2.75, 3.05) is 5.73 Å². The molecule has 4 aromatic heterocycles. The molecule has 0 aliphatic heterocycles. The van der Waals surface area contributed by atoms with Gasteiger partial charge in [-0.3, -0.25) is 9.20 Å². The molecule has 2 N–H and O–H groups in total. The van der Waals surface area contributed by atoms with E-state index in [-0.39, 0.29) is 33.7 Å². The van der Waals surface area contributed by atoms with Gasteiger partial charge in [0.2, 0.25) is 0 Å². The Bertz CT molecular complexity index is 2110. The first-order chi connectivity index (χ1) is 20.7. The van der Waals surface area contributed by atoms with Crippen LogP contribution in [0.15, 0.2) is 65.0 Å². The van der Waals surface area contributed by atoms with Gasteiger partial charge in [0.1, 0.15) is 33.6 Å². The fraction of sp³-hybridized carbons (Fsp3) is 0.172. The normalized spacial score (nSPS) is 14.2. The van der Waals surface area contributed by atoms with Crippen molar-refractivity contribution in [2.24, 2.45) is 5.92 Å². The van der Waals surface area contributed by atoms with Crippen LogP contribution in [0.3, 0.4) is 0 Å². The zero-order chi connectivity index (χ0) is 30.0. The van der Waals surface area contributed by atoms with Gasteiger partial charge >= 0.3 is 6.61 Å². The molecule has 6 aromatic rings. The summed E-state index contributed by atoms with van der Waals surface area (Å²) in [7, 11) is 0. The fourth-order valence-electron chi connectivity index (χ4n) is 5.45. The molecule has 0 radical (unpaired) electrons. The van der Waals surface area contributed by atoms with E-state index in [4.69, 9.17) is 22.4 Å². The second-order valence-corrected chi connectivity index (χ2v) is 11.4. The Morgan fingerprint density at radius 1 is 1.07 bits per heavy atom. The lowest BCUT2D eigenvalue weighted by Gasteiger charge is -2.22. The topological polar surface area (TPSA) is 100 Å². The van der Waals surface area contributed by atoms with Gasteiger partial charge in [-0.2, -0.15) is 13.9 Å². The van der Waals surface area contributed by atoms with Gasteiger partial charge in [-0.25, -0.2) is 23.4 Å². The maximum atomic E-state index is 14.8. The van der Waals surface area contributed by atoms with Crippen LogP contribution in [0.1, 0.15) is 24.4 Å². The summed E-state index contributed by atoms with van der Waals surface area (Å²) >= 11 is 7.66. The highest BCUT2D eigenvalue weighted by Gasteiger charge is 2.39. The van der Waals surface area contributed by atoms with Gasteiger partial charge < -0.3 is 10.5 Å². The molecule has 0 bridgehead atoms. The summed E-state index contributed by atoms with van der Waals surface area (Å²) in [6.07, 6.45) is 2.89. The Morgan fingerprint density at radius 3 is 2.60 bits per heavy atom. The minimum absolute atomic E-state index is 0.0234. The number of ether oxygens (including phenoxy) is 1. The molecule has 0 amide bonds. The minimum Gasteiger partial charge on any atom is -0.432 e. The van der Waals surface area contributed by atoms with Crippen molar-refractivity contribution in [1.29, 1.82) is 0 Å². The molecule has 4 heterocycles. The number of nitrogen functional groups attached to an aromatic ring is 1. The van der Waals surface area contributed by atoms with Crippen LogP contribution in [-0.2, 0) is 0 Å². The van der Waals surface area contributed by atoms with E-state index in [1.54, 1.807) is 16.1 Å². The summed E-state index contributed by atoms with van der Waals surface area (Å²) in [5.41, 5.74) is 7.82. The first-order valence-corrected chi connectivity index (χ1v) is 14.3. The summed E-state index contributed by atoms with van der Waals surface area (Å²) in [4.78, 5) is 23.1. The maximum Gasteiger partial charge on any atom is 0.387 e. The number of aromatic nitrogens is 5. The van der Waals surface area contributed by atoms with Crippen LogP contribution < -0.4 is 16.0 Å². The summed E-state index contributed by atoms with van der Waals surface area (Å²) in [6.45, 7) is -3.20. The number of hydrogen-bond acceptors (Lipinski definition) is 7. The standard InChI is InChI=1S/C29H19ClF4N6O2S/c30-20-11-43-21-10-17(22(28(41)39(20)21)14-2-1-3-16(31)8-14)25(13-4-5-13)40-27-23(26(35)36-12-37-27)24(38-40)15-6-7-19(18(32)9-15)42-29(33)34/h1-3,6-13,25,29H,4-5H2,(H2,35,36,37)/t25-/m0/s1. The van der Waals surface area contributed by atoms with Crippen molar-refractivity contribution < 1.29 is 22.3 Å². The third-order valence-corrected chi connectivity index (χ3v) is 8.69. The number of nitrogens with zero attached hydrogens (tertiary/aromatic N) is 5. The average molecular weight is 627 g/mol. The molecule has 8 nitrogen and oxygen atoms in total. The lowest BCUT2D eigenvalue weighted by molar-refractivity contribution is -0.0521. The van der Waals surface area contributed by atoms with Crippen LogP contribution in [0.4, 0.5) is 23.4 Å². The van der Waals surface area contributed by atoms with Crippen LogP contribution in [0.25, 0.3) is 38.2 Å². The lowest BCUT2D eigenvalue weighted by Crippen LogP contribution is -2.23. The number of fused-ring (bicyclic) bond motifs is 2. The number of benzene rings is 2. The number of anilines is 1. The van der Waals surface area contributed by atoms with Gasteiger partial charge in [0.15, 0.2) is 17.2 Å². The summed E-state index contributed by atoms with van der Waals surface area (Å²) in [6, 6.07) is 10.5. The Hall–Kier alpha value is -4.49. The maximum absolute atomic E-state index is 14.8. The molecule has 14 heteroatoms. The van der Waals surface area contributed by atoms with Crippen LogP contribution >= 0.6 is 22.9 Å². The molecule has 0 spiro atoms. The Kier molecular flexibility index (Phi) is 6.58. The molecule has 7 rings (SSSR count). The van der Waals surface area contributed by atoms with E-state index in [0.29, 0.717) is 27.0 Å². The second-order valence-electron chi connectivity index (χ2n) is 10.1. The fourth-order valence-corrected chi connectivity index (χ4v) is 6.61. The number of alkyl halides is 2. The van der Waals surface area contributed by atoms with E-state index >= 15 is 0 Å². The first-order valence-electron chi connectivity index (χ1n) is 13.0. The summed E-state index contributed by atoms with van der Waals surface area (Å²) in [5, 5.41) is 7.02. The third-order valence-electron chi connectivity index (χ3n) is 7.40. The van der Waals surface area contributed by atoms with Gasteiger partial charge in [0.05, 0.1) is 17.0 Å². The van der Waals surface area contributed by atoms with Gasteiger partial charge in [0, 0.05) is 10.9 Å². The number of pyridine rings is 1. The van der Waals surface area contributed by atoms with E-state index in [9.17, 15) is 22.4 Å². The quantitative estimate of drug-likeness (QED) is 0.193. The number of halogens is 5. The van der Waals surface area contributed by atoms with Crippen molar-refractivity contribution in [3.05, 3.63) is 92.9 Å². The smallest absolute Gasteiger partial charge is 0.387 e. The molecule has 218 valence electrons. The number of rotatable bonds is 7. The Balaban J connectivity index is 1.49. The zero-order valence-corrected chi connectivity index (χ0v) is 23.4. The van der Waals surface area contributed by atoms with E-state index < -0.39 is 35.6 Å². The van der Waals surface area contributed by atoms with Crippen molar-refractivity contribution in [1.82, 2.24) is 24.1 Å². The number of hydrogen-bond donors (Lipinski definition) is 1. The van der Waals surface area contributed by atoms with Gasteiger partial charge in [-0.15, -0.1) is 11.3 Å².